The van der Waals surface area contributed by atoms with Gasteiger partial charge in [-0.2, -0.15) is 13.2 Å². The fourth-order valence-corrected chi connectivity index (χ4v) is 3.49. The van der Waals surface area contributed by atoms with Crippen LogP contribution >= 0.6 is 11.6 Å². The number of anilines is 2. The van der Waals surface area contributed by atoms with Crippen LogP contribution in [0.15, 0.2) is 30.3 Å². The Morgan fingerprint density at radius 2 is 1.85 bits per heavy atom. The third-order valence-electron chi connectivity index (χ3n) is 4.76. The molecule has 0 saturated carbocycles. The van der Waals surface area contributed by atoms with Crippen molar-refractivity contribution in [3.05, 3.63) is 46.5 Å². The van der Waals surface area contributed by atoms with E-state index in [9.17, 15) is 27.6 Å². The maximum atomic E-state index is 13.0. The fraction of sp³-hybridized carbons (Fsp3) is 0.286. The monoisotopic (exact) mass is 486 g/mol. The first-order valence-corrected chi connectivity index (χ1v) is 9.79. The molecule has 1 atom stereocenters. The fourth-order valence-electron chi connectivity index (χ4n) is 3.20. The molecule has 2 aromatic rings. The Labute approximate surface area is 191 Å². The van der Waals surface area contributed by atoms with E-state index in [0.29, 0.717) is 0 Å². The van der Waals surface area contributed by atoms with Gasteiger partial charge in [0.15, 0.2) is 17.6 Å². The number of carbonyl (C=O) groups is 3. The van der Waals surface area contributed by atoms with Gasteiger partial charge in [0, 0.05) is 0 Å². The maximum Gasteiger partial charge on any atom is 0.416 e. The van der Waals surface area contributed by atoms with E-state index in [0.717, 1.165) is 23.1 Å². The average Bonchev–Trinajstić information content (AvgIpc) is 2.76. The predicted molar refractivity (Wildman–Crippen MR) is 112 cm³/mol. The number of alkyl halides is 3. The molecule has 0 radical (unpaired) electrons. The van der Waals surface area contributed by atoms with Gasteiger partial charge in [-0.3, -0.25) is 14.5 Å². The van der Waals surface area contributed by atoms with Gasteiger partial charge in [0.1, 0.15) is 6.54 Å². The minimum absolute atomic E-state index is 0.0242. The molecule has 3 rings (SSSR count). The van der Waals surface area contributed by atoms with Crippen LogP contribution in [0.2, 0.25) is 5.02 Å². The van der Waals surface area contributed by atoms with Crippen LogP contribution in [-0.2, 0) is 20.5 Å². The van der Waals surface area contributed by atoms with Crippen LogP contribution in [0.4, 0.5) is 24.5 Å². The Hall–Kier alpha value is -3.47. The number of halogens is 4. The van der Waals surface area contributed by atoms with Crippen molar-refractivity contribution >= 4 is 40.8 Å². The quantitative estimate of drug-likeness (QED) is 0.644. The smallest absolute Gasteiger partial charge is 0.416 e. The van der Waals surface area contributed by atoms with E-state index in [1.165, 1.54) is 33.3 Å². The number of ether oxygens (including phenoxy) is 3. The van der Waals surface area contributed by atoms with Crippen LogP contribution in [0.25, 0.3) is 0 Å². The summed E-state index contributed by atoms with van der Waals surface area (Å²) in [6.45, 7) is 0.820. The van der Waals surface area contributed by atoms with Gasteiger partial charge in [0.05, 0.1) is 41.7 Å². The second-order valence-electron chi connectivity index (χ2n) is 6.94. The Bertz CT molecular complexity index is 1120. The van der Waals surface area contributed by atoms with E-state index < -0.39 is 42.2 Å². The van der Waals surface area contributed by atoms with Crippen molar-refractivity contribution in [1.29, 1.82) is 0 Å². The molecule has 0 aromatic heterocycles. The average molecular weight is 487 g/mol. The molecule has 2 aromatic carbocycles. The van der Waals surface area contributed by atoms with E-state index in [4.69, 9.17) is 25.8 Å². The Morgan fingerprint density at radius 3 is 2.45 bits per heavy atom. The number of carbonyl (C=O) groups excluding carboxylic acids is 3. The van der Waals surface area contributed by atoms with Crippen LogP contribution in [0, 0.1) is 0 Å². The summed E-state index contributed by atoms with van der Waals surface area (Å²) >= 11 is 6.08. The van der Waals surface area contributed by atoms with Gasteiger partial charge in [-0.1, -0.05) is 11.6 Å². The highest BCUT2D eigenvalue weighted by molar-refractivity contribution is 6.32. The van der Waals surface area contributed by atoms with Gasteiger partial charge in [0.25, 0.3) is 5.91 Å². The molecule has 1 heterocycles. The lowest BCUT2D eigenvalue weighted by molar-refractivity contribution is -0.137. The molecule has 1 aliphatic heterocycles. The molecule has 1 N–H and O–H groups in total. The molecule has 8 nitrogen and oxygen atoms in total. The van der Waals surface area contributed by atoms with Gasteiger partial charge < -0.3 is 19.5 Å². The number of rotatable bonds is 5. The molecular formula is C21H18ClF3N2O6. The molecule has 33 heavy (non-hydrogen) atoms. The van der Waals surface area contributed by atoms with Crippen LogP contribution in [0.1, 0.15) is 22.8 Å². The molecule has 1 aliphatic rings. The topological polar surface area (TPSA) is 94.2 Å². The molecule has 0 bridgehead atoms. The SMILES string of the molecule is COc1cc(C(=O)OC(C)C(=O)N2CC(=O)Nc3cc(C(F)(F)F)ccc32)cc(Cl)c1OC. The number of benzene rings is 2. The van der Waals surface area contributed by atoms with Crippen molar-refractivity contribution in [1.82, 2.24) is 0 Å². The van der Waals surface area contributed by atoms with Gasteiger partial charge in [0.2, 0.25) is 5.91 Å². The number of hydrogen-bond donors (Lipinski definition) is 1. The van der Waals surface area contributed by atoms with E-state index >= 15 is 0 Å². The van der Waals surface area contributed by atoms with Crippen LogP contribution in [0.5, 0.6) is 11.5 Å². The van der Waals surface area contributed by atoms with E-state index in [2.05, 4.69) is 5.32 Å². The lowest BCUT2D eigenvalue weighted by Gasteiger charge is -2.31. The molecule has 0 fully saturated rings. The number of esters is 1. The molecule has 2 amide bonds. The third-order valence-corrected chi connectivity index (χ3v) is 5.04. The third kappa shape index (κ3) is 4.98. The summed E-state index contributed by atoms with van der Waals surface area (Å²) in [6, 6.07) is 5.17. The van der Waals surface area contributed by atoms with Gasteiger partial charge in [-0.15, -0.1) is 0 Å². The zero-order chi connectivity index (χ0) is 24.5. The predicted octanol–water partition coefficient (Wildman–Crippen LogP) is 3.91. The van der Waals surface area contributed by atoms with Crippen molar-refractivity contribution in [2.75, 3.05) is 31.0 Å². The highest BCUT2D eigenvalue weighted by Gasteiger charge is 2.35. The largest absolute Gasteiger partial charge is 0.493 e. The number of amides is 2. The number of nitrogens with zero attached hydrogens (tertiary/aromatic N) is 1. The zero-order valence-corrected chi connectivity index (χ0v) is 18.3. The standard InChI is InChI=1S/C21H18ClF3N2O6/c1-10(33-20(30)11-6-13(22)18(32-3)16(7-11)31-2)19(29)27-9-17(28)26-14-8-12(21(23,24)25)4-5-15(14)27/h4-8,10H,9H2,1-3H3,(H,26,28). The first kappa shape index (κ1) is 24.2. The van der Waals surface area contributed by atoms with Crippen molar-refractivity contribution in [3.63, 3.8) is 0 Å². The van der Waals surface area contributed by atoms with Crippen LogP contribution < -0.4 is 19.7 Å². The normalized spacial score (nSPS) is 14.2. The first-order valence-electron chi connectivity index (χ1n) is 9.41. The summed E-state index contributed by atoms with van der Waals surface area (Å²) in [6.07, 6.45) is -6.00. The zero-order valence-electron chi connectivity index (χ0n) is 17.6. The second kappa shape index (κ2) is 9.18. The van der Waals surface area contributed by atoms with Crippen molar-refractivity contribution in [2.45, 2.75) is 19.2 Å². The van der Waals surface area contributed by atoms with Crippen LogP contribution in [0.3, 0.4) is 0 Å². The summed E-state index contributed by atoms with van der Waals surface area (Å²) in [5.41, 5.74) is -1.14. The molecule has 12 heteroatoms. The number of hydrogen-bond acceptors (Lipinski definition) is 6. The maximum absolute atomic E-state index is 13.0. The summed E-state index contributed by atoms with van der Waals surface area (Å²) in [7, 11) is 2.71. The van der Waals surface area contributed by atoms with E-state index in [1.807, 2.05) is 0 Å². The minimum Gasteiger partial charge on any atom is -0.493 e. The van der Waals surface area contributed by atoms with E-state index in [-0.39, 0.29) is 33.5 Å². The van der Waals surface area contributed by atoms with Crippen molar-refractivity contribution < 1.29 is 41.8 Å². The van der Waals surface area contributed by atoms with Crippen molar-refractivity contribution in [3.8, 4) is 11.5 Å². The Balaban J connectivity index is 1.83. The van der Waals surface area contributed by atoms with Gasteiger partial charge in [-0.25, -0.2) is 4.79 Å². The van der Waals surface area contributed by atoms with Crippen LogP contribution in [-0.4, -0.2) is 44.7 Å². The minimum atomic E-state index is -4.63. The first-order chi connectivity index (χ1) is 15.5. The molecule has 176 valence electrons. The number of methoxy groups -OCH3 is 2. The second-order valence-corrected chi connectivity index (χ2v) is 7.35. The Morgan fingerprint density at radius 1 is 1.15 bits per heavy atom. The van der Waals surface area contributed by atoms with Crippen molar-refractivity contribution in [2.24, 2.45) is 0 Å². The summed E-state index contributed by atoms with van der Waals surface area (Å²) in [4.78, 5) is 38.5. The summed E-state index contributed by atoms with van der Waals surface area (Å²) in [5, 5.41) is 2.39. The summed E-state index contributed by atoms with van der Waals surface area (Å²) in [5.74, 6) is -2.04. The highest BCUT2D eigenvalue weighted by atomic mass is 35.5. The number of nitrogens with one attached hydrogen (secondary N) is 1. The highest BCUT2D eigenvalue weighted by Crippen LogP contribution is 2.38. The molecule has 0 saturated heterocycles. The summed E-state index contributed by atoms with van der Waals surface area (Å²) < 4.78 is 54.4. The Kier molecular flexibility index (Phi) is 6.73. The van der Waals surface area contributed by atoms with E-state index in [1.54, 1.807) is 0 Å². The lowest BCUT2D eigenvalue weighted by Crippen LogP contribution is -2.47. The molecule has 0 spiro atoms. The molecule has 0 aliphatic carbocycles. The van der Waals surface area contributed by atoms with Gasteiger partial charge >= 0.3 is 12.1 Å². The molecular weight excluding hydrogens is 469 g/mol. The molecule has 1 unspecified atom stereocenters. The lowest BCUT2D eigenvalue weighted by atomic mass is 10.1. The van der Waals surface area contributed by atoms with Gasteiger partial charge in [-0.05, 0) is 37.3 Å². The number of fused-ring (bicyclic) bond motifs is 1.